The lowest BCUT2D eigenvalue weighted by atomic mass is 10.1. The molecule has 2 fully saturated rings. The summed E-state index contributed by atoms with van der Waals surface area (Å²) in [5.74, 6) is -0.455. The minimum absolute atomic E-state index is 0.0783. The number of carbonyl (C=O) groups excluding carboxylic acids is 3. The predicted molar refractivity (Wildman–Crippen MR) is 95.2 cm³/mol. The standard InChI is InChI=1S/C19H25N3O3/c1-11-7-12(2)18(13(3)8-11)20-16(23)10-21(4)15-9-17(24)22(19(15)25)14-5-6-14/h7-8,14-15H,5-6,9-10H2,1-4H3,(H,20,23)/t15-/m1/s1. The van der Waals surface area contributed by atoms with Crippen molar-refractivity contribution in [3.8, 4) is 0 Å². The van der Waals surface area contributed by atoms with Crippen molar-refractivity contribution in [2.24, 2.45) is 0 Å². The summed E-state index contributed by atoms with van der Waals surface area (Å²) in [6, 6.07) is 3.61. The van der Waals surface area contributed by atoms with Gasteiger partial charge < -0.3 is 5.32 Å². The van der Waals surface area contributed by atoms with Crippen molar-refractivity contribution in [2.75, 3.05) is 18.9 Å². The van der Waals surface area contributed by atoms with Crippen LogP contribution >= 0.6 is 0 Å². The van der Waals surface area contributed by atoms with Crippen LogP contribution in [0, 0.1) is 20.8 Å². The van der Waals surface area contributed by atoms with Crippen LogP contribution in [0.2, 0.25) is 0 Å². The molecule has 1 saturated carbocycles. The molecule has 1 heterocycles. The molecule has 1 aliphatic carbocycles. The molecule has 6 nitrogen and oxygen atoms in total. The van der Waals surface area contributed by atoms with Crippen LogP contribution in [-0.2, 0) is 14.4 Å². The number of likely N-dealkylation sites (N-methyl/N-ethyl adjacent to an activating group) is 1. The number of amides is 3. The van der Waals surface area contributed by atoms with E-state index in [1.807, 2.05) is 32.9 Å². The maximum atomic E-state index is 12.5. The Morgan fingerprint density at radius 2 is 1.80 bits per heavy atom. The molecule has 1 aromatic carbocycles. The van der Waals surface area contributed by atoms with Gasteiger partial charge in [-0.3, -0.25) is 24.2 Å². The van der Waals surface area contributed by atoms with E-state index in [0.717, 1.165) is 35.2 Å². The number of nitrogens with one attached hydrogen (secondary N) is 1. The Morgan fingerprint density at radius 3 is 2.36 bits per heavy atom. The largest absolute Gasteiger partial charge is 0.324 e. The normalized spacial score (nSPS) is 20.5. The van der Waals surface area contributed by atoms with E-state index < -0.39 is 6.04 Å². The first kappa shape index (κ1) is 17.6. The Hall–Kier alpha value is -2.21. The van der Waals surface area contributed by atoms with E-state index in [9.17, 15) is 14.4 Å². The van der Waals surface area contributed by atoms with Crippen molar-refractivity contribution in [3.63, 3.8) is 0 Å². The van der Waals surface area contributed by atoms with Gasteiger partial charge in [-0.1, -0.05) is 17.7 Å². The van der Waals surface area contributed by atoms with Crippen LogP contribution in [0.5, 0.6) is 0 Å². The Kier molecular flexibility index (Phi) is 4.64. The van der Waals surface area contributed by atoms with Crippen LogP contribution in [0.4, 0.5) is 5.69 Å². The van der Waals surface area contributed by atoms with Crippen LogP contribution in [0.15, 0.2) is 12.1 Å². The molecule has 3 rings (SSSR count). The molecule has 1 aromatic rings. The van der Waals surface area contributed by atoms with Crippen LogP contribution in [0.1, 0.15) is 36.0 Å². The third kappa shape index (κ3) is 3.58. The summed E-state index contributed by atoms with van der Waals surface area (Å²) in [5.41, 5.74) is 4.00. The number of anilines is 1. The van der Waals surface area contributed by atoms with E-state index in [1.54, 1.807) is 11.9 Å². The van der Waals surface area contributed by atoms with E-state index in [-0.39, 0.29) is 36.7 Å². The molecule has 1 aliphatic heterocycles. The molecule has 0 aromatic heterocycles. The molecule has 0 bridgehead atoms. The summed E-state index contributed by atoms with van der Waals surface area (Å²) in [6.45, 7) is 6.03. The molecule has 6 heteroatoms. The number of aryl methyl sites for hydroxylation is 3. The number of benzene rings is 1. The van der Waals surface area contributed by atoms with Crippen molar-refractivity contribution < 1.29 is 14.4 Å². The Labute approximate surface area is 148 Å². The molecule has 0 spiro atoms. The van der Waals surface area contributed by atoms with E-state index in [1.165, 1.54) is 4.90 Å². The van der Waals surface area contributed by atoms with E-state index in [0.29, 0.717) is 0 Å². The first-order valence-corrected chi connectivity index (χ1v) is 8.71. The monoisotopic (exact) mass is 343 g/mol. The number of carbonyl (C=O) groups is 3. The number of imide groups is 1. The van der Waals surface area contributed by atoms with E-state index in [4.69, 9.17) is 0 Å². The fourth-order valence-corrected chi connectivity index (χ4v) is 3.59. The summed E-state index contributed by atoms with van der Waals surface area (Å²) < 4.78 is 0. The summed E-state index contributed by atoms with van der Waals surface area (Å²) in [7, 11) is 1.72. The van der Waals surface area contributed by atoms with Crippen molar-refractivity contribution in [1.29, 1.82) is 0 Å². The third-order valence-corrected chi connectivity index (χ3v) is 4.94. The predicted octanol–water partition coefficient (Wildman–Crippen LogP) is 1.77. The zero-order valence-electron chi connectivity index (χ0n) is 15.3. The average Bonchev–Trinajstić information content (AvgIpc) is 3.28. The number of hydrogen-bond acceptors (Lipinski definition) is 4. The van der Waals surface area contributed by atoms with Gasteiger partial charge in [0.1, 0.15) is 0 Å². The number of nitrogens with zero attached hydrogens (tertiary/aromatic N) is 2. The third-order valence-electron chi connectivity index (χ3n) is 4.94. The molecular weight excluding hydrogens is 318 g/mol. The highest BCUT2D eigenvalue weighted by Crippen LogP contribution is 2.32. The minimum atomic E-state index is -0.529. The van der Waals surface area contributed by atoms with Crippen molar-refractivity contribution in [1.82, 2.24) is 9.80 Å². The highest BCUT2D eigenvalue weighted by molar-refractivity contribution is 6.06. The van der Waals surface area contributed by atoms with Gasteiger partial charge in [-0.25, -0.2) is 0 Å². The Morgan fingerprint density at radius 1 is 1.20 bits per heavy atom. The van der Waals surface area contributed by atoms with Gasteiger partial charge in [-0.2, -0.15) is 0 Å². The first-order valence-electron chi connectivity index (χ1n) is 8.71. The fourth-order valence-electron chi connectivity index (χ4n) is 3.59. The van der Waals surface area contributed by atoms with Gasteiger partial charge in [0.05, 0.1) is 19.0 Å². The molecule has 134 valence electrons. The van der Waals surface area contributed by atoms with E-state index >= 15 is 0 Å². The fraction of sp³-hybridized carbons (Fsp3) is 0.526. The number of hydrogen-bond donors (Lipinski definition) is 1. The maximum absolute atomic E-state index is 12.5. The lowest BCUT2D eigenvalue weighted by molar-refractivity contribution is -0.140. The Bertz CT molecular complexity index is 716. The first-order chi connectivity index (χ1) is 11.8. The SMILES string of the molecule is Cc1cc(C)c(NC(=O)CN(C)[C@@H]2CC(=O)N(C3CC3)C2=O)c(C)c1. The summed E-state index contributed by atoms with van der Waals surface area (Å²) in [5, 5.41) is 2.94. The molecule has 1 atom stereocenters. The lowest BCUT2D eigenvalue weighted by Gasteiger charge is -2.23. The quantitative estimate of drug-likeness (QED) is 0.827. The molecule has 0 radical (unpaired) electrons. The Balaban J connectivity index is 1.63. The molecule has 1 N–H and O–H groups in total. The van der Waals surface area contributed by atoms with Gasteiger partial charge in [-0.05, 0) is 51.8 Å². The van der Waals surface area contributed by atoms with E-state index in [2.05, 4.69) is 5.32 Å². The lowest BCUT2D eigenvalue weighted by Crippen LogP contribution is -2.43. The van der Waals surface area contributed by atoms with Crippen LogP contribution in [0.3, 0.4) is 0 Å². The van der Waals surface area contributed by atoms with Crippen molar-refractivity contribution >= 4 is 23.4 Å². The van der Waals surface area contributed by atoms with Gasteiger partial charge in [-0.15, -0.1) is 0 Å². The van der Waals surface area contributed by atoms with Crippen LogP contribution in [0.25, 0.3) is 0 Å². The van der Waals surface area contributed by atoms with Gasteiger partial charge in [0.2, 0.25) is 17.7 Å². The molecule has 0 unspecified atom stereocenters. The zero-order valence-corrected chi connectivity index (χ0v) is 15.3. The molecule has 25 heavy (non-hydrogen) atoms. The van der Waals surface area contributed by atoms with Gasteiger partial charge in [0.15, 0.2) is 0 Å². The van der Waals surface area contributed by atoms with Gasteiger partial charge in [0.25, 0.3) is 0 Å². The number of likely N-dealkylation sites (tertiary alicyclic amines) is 1. The average molecular weight is 343 g/mol. The zero-order chi connectivity index (χ0) is 18.3. The van der Waals surface area contributed by atoms with Gasteiger partial charge >= 0.3 is 0 Å². The summed E-state index contributed by atoms with van der Waals surface area (Å²) >= 11 is 0. The van der Waals surface area contributed by atoms with Crippen LogP contribution < -0.4 is 5.32 Å². The number of rotatable bonds is 5. The molecule has 1 saturated heterocycles. The minimum Gasteiger partial charge on any atom is -0.324 e. The van der Waals surface area contributed by atoms with Gasteiger partial charge in [0, 0.05) is 11.7 Å². The summed E-state index contributed by atoms with van der Waals surface area (Å²) in [4.78, 5) is 40.0. The maximum Gasteiger partial charge on any atom is 0.247 e. The van der Waals surface area contributed by atoms with Crippen molar-refractivity contribution in [3.05, 3.63) is 28.8 Å². The summed E-state index contributed by atoms with van der Waals surface area (Å²) in [6.07, 6.45) is 1.97. The second kappa shape index (κ2) is 6.59. The molecule has 2 aliphatic rings. The highest BCUT2D eigenvalue weighted by Gasteiger charge is 2.47. The molecule has 3 amide bonds. The molecular formula is C19H25N3O3. The van der Waals surface area contributed by atoms with Crippen LogP contribution in [-0.4, -0.2) is 53.2 Å². The second-order valence-electron chi connectivity index (χ2n) is 7.29. The smallest absolute Gasteiger partial charge is 0.247 e. The highest BCUT2D eigenvalue weighted by atomic mass is 16.2. The van der Waals surface area contributed by atoms with Crippen molar-refractivity contribution in [2.45, 2.75) is 52.1 Å². The topological polar surface area (TPSA) is 69.7 Å². The second-order valence-corrected chi connectivity index (χ2v) is 7.29.